The minimum atomic E-state index is -1.71. The number of hydrogen-bond donors (Lipinski definition) is 0. The molecule has 0 bridgehead atoms. The summed E-state index contributed by atoms with van der Waals surface area (Å²) in [6.45, 7) is 9.13. The predicted octanol–water partition coefficient (Wildman–Crippen LogP) is 16.3. The van der Waals surface area contributed by atoms with Crippen LogP contribution < -0.4 is 0 Å². The maximum absolute atomic E-state index is 5.81. The summed E-state index contributed by atoms with van der Waals surface area (Å²) in [7, 11) is 10.3. The molecule has 0 aliphatic heterocycles. The van der Waals surface area contributed by atoms with Crippen LogP contribution in [0.4, 0.5) is 0 Å². The number of halogens is 2. The first-order chi connectivity index (χ1) is 24.3. The van der Waals surface area contributed by atoms with E-state index in [9.17, 15) is 0 Å². The third-order valence-electron chi connectivity index (χ3n) is 14.0. The van der Waals surface area contributed by atoms with Crippen LogP contribution in [-0.4, -0.2) is 46.3 Å². The molecule has 6 saturated carbocycles. The zero-order chi connectivity index (χ0) is 35.6. The van der Waals surface area contributed by atoms with Gasteiger partial charge in [0.05, 0.1) is 34.0 Å². The zero-order valence-corrected chi connectivity index (χ0v) is 40.0. The van der Waals surface area contributed by atoms with Gasteiger partial charge < -0.3 is 0 Å². The Bertz CT molecular complexity index is 813. The molecule has 0 radical (unpaired) electrons. The van der Waals surface area contributed by atoms with Crippen molar-refractivity contribution in [3.8, 4) is 0 Å². The van der Waals surface area contributed by atoms with E-state index in [1.54, 1.807) is 193 Å². The first kappa shape index (κ1) is 44.6. The van der Waals surface area contributed by atoms with Crippen molar-refractivity contribution in [2.45, 2.75) is 266 Å². The van der Waals surface area contributed by atoms with Crippen LogP contribution in [0.5, 0.6) is 0 Å². The van der Waals surface area contributed by atoms with Crippen LogP contribution in [0.25, 0.3) is 0 Å². The van der Waals surface area contributed by atoms with Crippen LogP contribution in [-0.2, 0) is 13.5 Å². The number of allylic oxidation sites excluding steroid dienone is 1. The van der Waals surface area contributed by atoms with Gasteiger partial charge in [-0.3, -0.25) is 0 Å². The molecule has 6 rings (SSSR count). The van der Waals surface area contributed by atoms with E-state index in [1.807, 2.05) is 0 Å². The average molecular weight is 875 g/mol. The maximum atomic E-state index is 5.81. The van der Waals surface area contributed by atoms with E-state index in [0.29, 0.717) is 0 Å². The summed E-state index contributed by atoms with van der Waals surface area (Å²) in [5.74, 6) is 0. The Hall–Kier alpha value is 1.93. The molecular formula is C44H84Cl2P2RuSi+2. The van der Waals surface area contributed by atoms with Gasteiger partial charge in [0, 0.05) is 15.8 Å². The fourth-order valence-corrected chi connectivity index (χ4v) is 27.9. The van der Waals surface area contributed by atoms with Crippen molar-refractivity contribution in [2.75, 3.05) is 0 Å². The van der Waals surface area contributed by atoms with E-state index in [1.165, 1.54) is 45.6 Å². The Labute approximate surface area is 330 Å². The van der Waals surface area contributed by atoms with E-state index in [2.05, 4.69) is 30.8 Å². The summed E-state index contributed by atoms with van der Waals surface area (Å²) in [6, 6.07) is 0. The summed E-state index contributed by atoms with van der Waals surface area (Å²) < 4.78 is 3.27. The summed E-state index contributed by atoms with van der Waals surface area (Å²) in [4.78, 5) is 0. The molecule has 0 N–H and O–H groups in total. The van der Waals surface area contributed by atoms with Crippen LogP contribution in [0.2, 0.25) is 19.6 Å². The van der Waals surface area contributed by atoms with Crippen molar-refractivity contribution in [1.29, 1.82) is 0 Å². The van der Waals surface area contributed by atoms with Crippen molar-refractivity contribution < 1.29 is 13.5 Å². The Morgan fingerprint density at radius 3 is 0.840 bits per heavy atom. The van der Waals surface area contributed by atoms with Gasteiger partial charge in [0.15, 0.2) is 0 Å². The van der Waals surface area contributed by atoms with Crippen LogP contribution in [0, 0.1) is 0 Å². The third-order valence-corrected chi connectivity index (χ3v) is 27.4. The second kappa shape index (κ2) is 25.2. The SMILES string of the molecule is C1CCC([PH+](C2CCCCC2)C2CCCCC2)CC1.C1CCC([PH+](C2CCCCC2)C2CCCCC2)CC1.CCCC(=[C]=[Ru]([Cl])[Cl])[Si](C)(C)C. The predicted molar refractivity (Wildman–Crippen MR) is 236 cm³/mol. The van der Waals surface area contributed by atoms with Gasteiger partial charge in [-0.1, -0.05) is 38.5 Å². The van der Waals surface area contributed by atoms with Gasteiger partial charge in [0.2, 0.25) is 0 Å². The molecule has 0 aromatic rings. The van der Waals surface area contributed by atoms with Crippen LogP contribution in [0.1, 0.15) is 212 Å². The van der Waals surface area contributed by atoms with Gasteiger partial charge in [-0.2, -0.15) is 0 Å². The molecule has 0 heterocycles. The van der Waals surface area contributed by atoms with E-state index in [0.717, 1.165) is 6.42 Å². The Morgan fingerprint density at radius 1 is 0.460 bits per heavy atom. The molecule has 50 heavy (non-hydrogen) atoms. The second-order valence-electron chi connectivity index (χ2n) is 18.8. The molecule has 0 nitrogen and oxygen atoms in total. The zero-order valence-electron chi connectivity index (χ0n) is 33.7. The van der Waals surface area contributed by atoms with E-state index in [4.69, 9.17) is 19.4 Å². The quantitative estimate of drug-likeness (QED) is 0.160. The first-order valence-electron chi connectivity index (χ1n) is 22.6. The molecule has 0 aromatic carbocycles. The Morgan fingerprint density at radius 2 is 0.680 bits per heavy atom. The van der Waals surface area contributed by atoms with Crippen molar-refractivity contribution in [2.24, 2.45) is 0 Å². The summed E-state index contributed by atoms with van der Waals surface area (Å²) >= 11 is -1.71. The Kier molecular flexibility index (Phi) is 22.5. The van der Waals surface area contributed by atoms with Gasteiger partial charge in [-0.15, -0.1) is 0 Å². The van der Waals surface area contributed by atoms with Gasteiger partial charge in [-0.25, -0.2) is 0 Å². The summed E-state index contributed by atoms with van der Waals surface area (Å²) in [6.07, 6.45) is 49.9. The fourth-order valence-electron chi connectivity index (χ4n) is 11.5. The number of rotatable bonds is 9. The van der Waals surface area contributed by atoms with Gasteiger partial charge in [-0.05, 0) is 154 Å². The molecule has 0 aromatic heterocycles. The molecule has 6 aliphatic rings. The molecule has 6 heteroatoms. The van der Waals surface area contributed by atoms with Crippen molar-refractivity contribution in [1.82, 2.24) is 0 Å². The van der Waals surface area contributed by atoms with Crippen molar-refractivity contribution in [3.63, 3.8) is 0 Å². The Balaban J connectivity index is 0.000000174. The molecule has 0 unspecified atom stereocenters. The monoisotopic (exact) mass is 874 g/mol. The summed E-state index contributed by atoms with van der Waals surface area (Å²) in [5, 5.41) is 1.42. The molecule has 0 atom stereocenters. The summed E-state index contributed by atoms with van der Waals surface area (Å²) in [5.41, 5.74) is 7.36. The van der Waals surface area contributed by atoms with E-state index < -0.39 is 21.6 Å². The van der Waals surface area contributed by atoms with Crippen LogP contribution >= 0.6 is 35.2 Å². The topological polar surface area (TPSA) is 0 Å². The average Bonchev–Trinajstić information content (AvgIpc) is 3.14. The molecule has 294 valence electrons. The van der Waals surface area contributed by atoms with Crippen LogP contribution in [0.3, 0.4) is 0 Å². The van der Waals surface area contributed by atoms with Gasteiger partial charge in [0.25, 0.3) is 0 Å². The van der Waals surface area contributed by atoms with Gasteiger partial charge >= 0.3 is 89.8 Å². The normalized spacial score (nSPS) is 24.9. The first-order valence-corrected chi connectivity index (χ1v) is 34.9. The minimum absolute atomic E-state index is 0.0465. The second-order valence-corrected chi connectivity index (χ2v) is 36.1. The molecule has 6 fully saturated rings. The van der Waals surface area contributed by atoms with E-state index in [-0.39, 0.29) is 15.8 Å². The molecule has 0 amide bonds. The fraction of sp³-hybridized carbons (Fsp3) is 0.955. The van der Waals surface area contributed by atoms with Gasteiger partial charge in [0.1, 0.15) is 0 Å². The number of hydrogen-bond acceptors (Lipinski definition) is 0. The molecule has 0 saturated heterocycles. The van der Waals surface area contributed by atoms with Crippen LogP contribution in [0.15, 0.2) is 5.20 Å². The van der Waals surface area contributed by atoms with Crippen molar-refractivity contribution >= 4 is 47.6 Å². The molecular weight excluding hydrogens is 790 g/mol. The van der Waals surface area contributed by atoms with E-state index >= 15 is 0 Å². The standard InChI is InChI=1S/2C18H33P.C8H16Si.2ClH.Ru/c2*1-4-10-16(11-5-1)19(17-12-6-2-7-13-17)18-14-8-3-9-15-18;1-6-7-8(2)9(3,4)5;;;/h2*16-18H,1-15H2;6-7H2,1,3-5H3;2*1H;/q;;;;;+2. The molecule has 0 spiro atoms. The van der Waals surface area contributed by atoms with Crippen molar-refractivity contribution in [3.05, 3.63) is 5.20 Å². The molecule has 6 aliphatic carbocycles. The third kappa shape index (κ3) is 15.8.